The second-order valence-corrected chi connectivity index (χ2v) is 6.93. The molecule has 0 bridgehead atoms. The molecule has 1 aromatic heterocycles. The summed E-state index contributed by atoms with van der Waals surface area (Å²) in [6, 6.07) is 14.5. The lowest BCUT2D eigenvalue weighted by molar-refractivity contribution is -0.113. The molecule has 0 aliphatic rings. The molecule has 29 heavy (non-hydrogen) atoms. The molecule has 0 atom stereocenters. The van der Waals surface area contributed by atoms with Crippen molar-refractivity contribution < 1.29 is 19.0 Å². The van der Waals surface area contributed by atoms with E-state index in [-0.39, 0.29) is 18.3 Å². The number of thioether (sulfide) groups is 1. The van der Waals surface area contributed by atoms with E-state index in [4.69, 9.17) is 14.2 Å². The van der Waals surface area contributed by atoms with E-state index in [1.807, 2.05) is 54.1 Å². The monoisotopic (exact) mass is 414 g/mol. The van der Waals surface area contributed by atoms with Crippen LogP contribution in [0.5, 0.6) is 17.2 Å². The van der Waals surface area contributed by atoms with Crippen molar-refractivity contribution in [1.29, 1.82) is 0 Å². The molecule has 0 fully saturated rings. The van der Waals surface area contributed by atoms with Crippen molar-refractivity contribution in [1.82, 2.24) is 14.8 Å². The second kappa shape index (κ2) is 9.83. The first-order chi connectivity index (χ1) is 14.1. The van der Waals surface area contributed by atoms with Gasteiger partial charge in [0.1, 0.15) is 23.9 Å². The summed E-state index contributed by atoms with van der Waals surface area (Å²) in [6.07, 6.45) is 0. The summed E-state index contributed by atoms with van der Waals surface area (Å²) < 4.78 is 17.8. The van der Waals surface area contributed by atoms with Crippen molar-refractivity contribution in [3.63, 3.8) is 0 Å². The minimum Gasteiger partial charge on any atom is -0.497 e. The molecule has 0 spiro atoms. The van der Waals surface area contributed by atoms with Crippen LogP contribution < -0.4 is 19.5 Å². The number of nitrogens with zero attached hydrogens (tertiary/aromatic N) is 3. The molecule has 0 unspecified atom stereocenters. The zero-order valence-corrected chi connectivity index (χ0v) is 17.2. The van der Waals surface area contributed by atoms with Gasteiger partial charge in [-0.1, -0.05) is 17.8 Å². The maximum Gasteiger partial charge on any atom is 0.234 e. The molecule has 1 amide bonds. The molecule has 0 saturated carbocycles. The quantitative estimate of drug-likeness (QED) is 0.538. The molecular formula is C20H22N4O4S. The van der Waals surface area contributed by atoms with Gasteiger partial charge in [-0.05, 0) is 36.4 Å². The molecule has 3 aromatic rings. The Morgan fingerprint density at radius 2 is 1.76 bits per heavy atom. The number of carbonyl (C=O) groups excluding carboxylic acids is 1. The molecule has 1 heterocycles. The Morgan fingerprint density at radius 1 is 1.03 bits per heavy atom. The molecule has 9 heteroatoms. The molecule has 1 N–H and O–H groups in total. The summed E-state index contributed by atoms with van der Waals surface area (Å²) in [4.78, 5) is 12.2. The number of anilines is 1. The van der Waals surface area contributed by atoms with Gasteiger partial charge in [-0.25, -0.2) is 0 Å². The van der Waals surface area contributed by atoms with E-state index >= 15 is 0 Å². The molecule has 0 radical (unpaired) electrons. The third-order valence-electron chi connectivity index (χ3n) is 4.04. The van der Waals surface area contributed by atoms with Crippen molar-refractivity contribution in [2.45, 2.75) is 11.8 Å². The Kier molecular flexibility index (Phi) is 6.96. The Hall–Kier alpha value is -3.20. The fraction of sp³-hybridized carbons (Fsp3) is 0.250. The van der Waals surface area contributed by atoms with Gasteiger partial charge in [0.15, 0.2) is 11.0 Å². The molecule has 3 rings (SSSR count). The number of methoxy groups -OCH3 is 2. The number of carbonyl (C=O) groups is 1. The second-order valence-electron chi connectivity index (χ2n) is 5.99. The van der Waals surface area contributed by atoms with Gasteiger partial charge in [-0.2, -0.15) is 0 Å². The number of rotatable bonds is 9. The van der Waals surface area contributed by atoms with Crippen LogP contribution in [-0.2, 0) is 18.4 Å². The van der Waals surface area contributed by atoms with Crippen LogP contribution in [0, 0.1) is 0 Å². The highest BCUT2D eigenvalue weighted by atomic mass is 32.2. The normalized spacial score (nSPS) is 10.4. The summed E-state index contributed by atoms with van der Waals surface area (Å²) in [5.41, 5.74) is 0.682. The highest BCUT2D eigenvalue weighted by molar-refractivity contribution is 7.99. The van der Waals surface area contributed by atoms with E-state index in [1.54, 1.807) is 20.3 Å². The van der Waals surface area contributed by atoms with E-state index in [9.17, 15) is 4.79 Å². The summed E-state index contributed by atoms with van der Waals surface area (Å²) in [5.74, 6) is 2.90. The van der Waals surface area contributed by atoms with Crippen LogP contribution in [-0.4, -0.2) is 40.6 Å². The van der Waals surface area contributed by atoms with Gasteiger partial charge in [0.05, 0.1) is 20.0 Å². The number of ether oxygens (including phenoxy) is 3. The van der Waals surface area contributed by atoms with Gasteiger partial charge in [0.25, 0.3) is 0 Å². The van der Waals surface area contributed by atoms with Crippen molar-refractivity contribution in [2.24, 2.45) is 7.05 Å². The third-order valence-corrected chi connectivity index (χ3v) is 5.06. The zero-order chi connectivity index (χ0) is 20.6. The Morgan fingerprint density at radius 3 is 2.48 bits per heavy atom. The lowest BCUT2D eigenvalue weighted by Gasteiger charge is -2.08. The minimum atomic E-state index is -0.137. The van der Waals surface area contributed by atoms with Gasteiger partial charge >= 0.3 is 0 Å². The highest BCUT2D eigenvalue weighted by Crippen LogP contribution is 2.21. The van der Waals surface area contributed by atoms with E-state index in [0.717, 1.165) is 5.75 Å². The van der Waals surface area contributed by atoms with Crippen molar-refractivity contribution in [3.8, 4) is 17.2 Å². The maximum absolute atomic E-state index is 12.2. The zero-order valence-electron chi connectivity index (χ0n) is 16.4. The van der Waals surface area contributed by atoms with Gasteiger partial charge in [-0.3, -0.25) is 4.79 Å². The average Bonchev–Trinajstić information content (AvgIpc) is 3.10. The van der Waals surface area contributed by atoms with Gasteiger partial charge in [0.2, 0.25) is 5.91 Å². The number of amides is 1. The topological polar surface area (TPSA) is 87.5 Å². The van der Waals surface area contributed by atoms with Crippen LogP contribution >= 0.6 is 11.8 Å². The average molecular weight is 414 g/mol. The van der Waals surface area contributed by atoms with Crippen LogP contribution in [0.25, 0.3) is 0 Å². The fourth-order valence-electron chi connectivity index (χ4n) is 2.44. The van der Waals surface area contributed by atoms with Gasteiger partial charge in [0, 0.05) is 18.8 Å². The van der Waals surface area contributed by atoms with Crippen LogP contribution in [0.2, 0.25) is 0 Å². The van der Waals surface area contributed by atoms with Crippen molar-refractivity contribution in [2.75, 3.05) is 25.3 Å². The molecule has 0 saturated heterocycles. The van der Waals surface area contributed by atoms with E-state index in [0.29, 0.717) is 28.2 Å². The lowest BCUT2D eigenvalue weighted by Crippen LogP contribution is -2.14. The maximum atomic E-state index is 12.2. The first-order valence-corrected chi connectivity index (χ1v) is 9.79. The smallest absolute Gasteiger partial charge is 0.234 e. The number of nitrogens with one attached hydrogen (secondary N) is 1. The van der Waals surface area contributed by atoms with Crippen LogP contribution in [0.1, 0.15) is 5.82 Å². The predicted octanol–water partition coefficient (Wildman–Crippen LogP) is 3.14. The third kappa shape index (κ3) is 5.64. The molecule has 2 aromatic carbocycles. The predicted molar refractivity (Wildman–Crippen MR) is 111 cm³/mol. The van der Waals surface area contributed by atoms with E-state index < -0.39 is 0 Å². The summed E-state index contributed by atoms with van der Waals surface area (Å²) in [6.45, 7) is 0.270. The fourth-order valence-corrected chi connectivity index (χ4v) is 3.17. The molecular weight excluding hydrogens is 392 g/mol. The molecule has 152 valence electrons. The summed E-state index contributed by atoms with van der Waals surface area (Å²) >= 11 is 1.31. The minimum absolute atomic E-state index is 0.137. The molecule has 0 aliphatic carbocycles. The lowest BCUT2D eigenvalue weighted by atomic mass is 10.3. The van der Waals surface area contributed by atoms with Gasteiger partial charge in [-0.15, -0.1) is 10.2 Å². The number of hydrogen-bond donors (Lipinski definition) is 1. The summed E-state index contributed by atoms with van der Waals surface area (Å²) in [7, 11) is 5.04. The largest absolute Gasteiger partial charge is 0.497 e. The number of hydrogen-bond acceptors (Lipinski definition) is 7. The van der Waals surface area contributed by atoms with Crippen LogP contribution in [0.15, 0.2) is 53.7 Å². The molecule has 8 nitrogen and oxygen atoms in total. The standard InChI is InChI=1S/C20H22N4O4S/c1-24-18(12-28-16-9-7-15(26-2)8-10-16)22-23-20(24)29-13-19(25)21-14-5-4-6-17(11-14)27-3/h4-11H,12-13H2,1-3H3,(H,21,25). The van der Waals surface area contributed by atoms with Crippen molar-refractivity contribution >= 4 is 23.4 Å². The van der Waals surface area contributed by atoms with E-state index in [2.05, 4.69) is 15.5 Å². The van der Waals surface area contributed by atoms with Crippen molar-refractivity contribution in [3.05, 3.63) is 54.4 Å². The van der Waals surface area contributed by atoms with Crippen LogP contribution in [0.3, 0.4) is 0 Å². The SMILES string of the molecule is COc1ccc(OCc2nnc(SCC(=O)Nc3cccc(OC)c3)n2C)cc1. The first kappa shape index (κ1) is 20.5. The number of aromatic nitrogens is 3. The van der Waals surface area contributed by atoms with Gasteiger partial charge < -0.3 is 24.1 Å². The molecule has 0 aliphatic heterocycles. The Labute approximate surface area is 173 Å². The Bertz CT molecular complexity index is 959. The highest BCUT2D eigenvalue weighted by Gasteiger charge is 2.12. The summed E-state index contributed by atoms with van der Waals surface area (Å²) in [5, 5.41) is 11.8. The number of benzene rings is 2. The first-order valence-electron chi connectivity index (χ1n) is 8.81. The Balaban J connectivity index is 1.51. The van der Waals surface area contributed by atoms with E-state index in [1.165, 1.54) is 11.8 Å². The van der Waals surface area contributed by atoms with Crippen LogP contribution in [0.4, 0.5) is 5.69 Å².